The molecule has 0 amide bonds. The lowest BCUT2D eigenvalue weighted by Gasteiger charge is -2.08. The van der Waals surface area contributed by atoms with Crippen molar-refractivity contribution >= 4 is 17.7 Å². The summed E-state index contributed by atoms with van der Waals surface area (Å²) >= 11 is 1.21. The van der Waals surface area contributed by atoms with Gasteiger partial charge in [0.05, 0.1) is 0 Å². The maximum Gasteiger partial charge on any atom is 0.309 e. The van der Waals surface area contributed by atoms with Crippen LogP contribution < -0.4 is 10.3 Å². The zero-order valence-corrected chi connectivity index (χ0v) is 9.29. The number of ether oxygens (including phenoxy) is 1. The lowest BCUT2D eigenvalue weighted by Crippen LogP contribution is -2.21. The Hall–Kier alpha value is -1.50. The van der Waals surface area contributed by atoms with E-state index in [1.165, 1.54) is 23.4 Å². The Labute approximate surface area is 89.9 Å². The monoisotopic (exact) mass is 230 g/mol. The average molecular weight is 230 g/mol. The first-order valence-corrected chi connectivity index (χ1v) is 5.22. The molecule has 6 nitrogen and oxygen atoms in total. The van der Waals surface area contributed by atoms with E-state index in [0.717, 1.165) is 6.92 Å². The summed E-state index contributed by atoms with van der Waals surface area (Å²) in [4.78, 5) is 25.9. The summed E-state index contributed by atoms with van der Waals surface area (Å²) in [6.45, 7) is 1.16. The van der Waals surface area contributed by atoms with Crippen LogP contribution in [0.15, 0.2) is 9.95 Å². The lowest BCUT2D eigenvalue weighted by molar-refractivity contribution is -0.132. The molecule has 0 aliphatic heterocycles. The molecule has 0 atom stereocenters. The summed E-state index contributed by atoms with van der Waals surface area (Å²) in [7, 11) is 1.47. The van der Waals surface area contributed by atoms with Crippen molar-refractivity contribution < 1.29 is 14.6 Å². The summed E-state index contributed by atoms with van der Waals surface area (Å²) in [6, 6.07) is 0. The van der Waals surface area contributed by atoms with Gasteiger partial charge in [-0.05, 0) is 6.26 Å². The van der Waals surface area contributed by atoms with E-state index in [4.69, 9.17) is 0 Å². The molecule has 0 saturated carbocycles. The zero-order valence-electron chi connectivity index (χ0n) is 8.47. The molecule has 1 aromatic rings. The van der Waals surface area contributed by atoms with E-state index in [9.17, 15) is 14.7 Å². The minimum Gasteiger partial charge on any atom is -0.499 e. The maximum absolute atomic E-state index is 11.4. The van der Waals surface area contributed by atoms with Crippen molar-refractivity contribution in [2.45, 2.75) is 12.1 Å². The Morgan fingerprint density at radius 3 is 2.67 bits per heavy atom. The second-order valence-corrected chi connectivity index (χ2v) is 3.48. The third-order valence-corrected chi connectivity index (χ3v) is 2.35. The molecule has 1 N–H and O–H groups in total. The van der Waals surface area contributed by atoms with Gasteiger partial charge in [0.1, 0.15) is 0 Å². The third kappa shape index (κ3) is 2.30. The Bertz CT molecular complexity index is 455. The molecule has 0 spiro atoms. The molecule has 0 saturated heterocycles. The van der Waals surface area contributed by atoms with Gasteiger partial charge in [0.2, 0.25) is 5.75 Å². The predicted molar refractivity (Wildman–Crippen MR) is 54.2 cm³/mol. The van der Waals surface area contributed by atoms with E-state index in [2.05, 4.69) is 9.72 Å². The standard InChI is InChI=1S/C8H10N2O4S/c1-4(11)14-6-5(12)7(13)10(2)8(9-6)15-3/h12H,1-3H3. The first-order chi connectivity index (χ1) is 6.97. The lowest BCUT2D eigenvalue weighted by atomic mass is 10.5. The topological polar surface area (TPSA) is 81.4 Å². The normalized spacial score (nSPS) is 10.1. The van der Waals surface area contributed by atoms with E-state index >= 15 is 0 Å². The highest BCUT2D eigenvalue weighted by Crippen LogP contribution is 2.21. The quantitative estimate of drug-likeness (QED) is 0.442. The number of aromatic hydroxyl groups is 1. The van der Waals surface area contributed by atoms with Crippen LogP contribution in [0.3, 0.4) is 0 Å². The Morgan fingerprint density at radius 2 is 2.20 bits per heavy atom. The van der Waals surface area contributed by atoms with Gasteiger partial charge in [-0.25, -0.2) is 0 Å². The van der Waals surface area contributed by atoms with Crippen LogP contribution in [0.4, 0.5) is 0 Å². The van der Waals surface area contributed by atoms with E-state index in [-0.39, 0.29) is 5.88 Å². The van der Waals surface area contributed by atoms with Gasteiger partial charge in [0.25, 0.3) is 11.4 Å². The van der Waals surface area contributed by atoms with Gasteiger partial charge in [-0.1, -0.05) is 11.8 Å². The van der Waals surface area contributed by atoms with Crippen LogP contribution in [0, 0.1) is 0 Å². The number of hydrogen-bond donors (Lipinski definition) is 1. The SMILES string of the molecule is CSc1nc(OC(C)=O)c(O)c(=O)n1C. The van der Waals surface area contributed by atoms with Crippen LogP contribution in [0.1, 0.15) is 6.92 Å². The second kappa shape index (κ2) is 4.35. The van der Waals surface area contributed by atoms with Crippen LogP contribution in [0.25, 0.3) is 0 Å². The highest BCUT2D eigenvalue weighted by molar-refractivity contribution is 7.98. The molecule has 0 radical (unpaired) electrons. The van der Waals surface area contributed by atoms with Crippen LogP contribution in [-0.4, -0.2) is 26.9 Å². The van der Waals surface area contributed by atoms with Crippen molar-refractivity contribution in [1.29, 1.82) is 0 Å². The Morgan fingerprint density at radius 1 is 1.60 bits per heavy atom. The van der Waals surface area contributed by atoms with E-state index < -0.39 is 17.3 Å². The average Bonchev–Trinajstić information content (AvgIpc) is 2.18. The van der Waals surface area contributed by atoms with Crippen LogP contribution in [0.2, 0.25) is 0 Å². The van der Waals surface area contributed by atoms with Crippen molar-refractivity contribution in [1.82, 2.24) is 9.55 Å². The Balaban J connectivity index is 3.35. The fourth-order valence-electron chi connectivity index (χ4n) is 0.942. The van der Waals surface area contributed by atoms with Crippen LogP contribution >= 0.6 is 11.8 Å². The van der Waals surface area contributed by atoms with Crippen LogP contribution in [0.5, 0.6) is 11.6 Å². The van der Waals surface area contributed by atoms with Gasteiger partial charge >= 0.3 is 5.97 Å². The molecule has 1 aromatic heterocycles. The summed E-state index contributed by atoms with van der Waals surface area (Å²) in [6.07, 6.45) is 1.72. The minimum absolute atomic E-state index is 0.352. The highest BCUT2D eigenvalue weighted by Gasteiger charge is 2.15. The van der Waals surface area contributed by atoms with E-state index in [1.807, 2.05) is 0 Å². The molecule has 0 fully saturated rings. The van der Waals surface area contributed by atoms with E-state index in [1.54, 1.807) is 6.26 Å². The van der Waals surface area contributed by atoms with Crippen molar-refractivity contribution in [2.24, 2.45) is 7.05 Å². The molecule has 1 rings (SSSR count). The number of nitrogens with zero attached hydrogens (tertiary/aromatic N) is 2. The molecule has 0 aliphatic carbocycles. The van der Waals surface area contributed by atoms with Gasteiger partial charge in [-0.15, -0.1) is 0 Å². The van der Waals surface area contributed by atoms with E-state index in [0.29, 0.717) is 5.16 Å². The predicted octanol–water partition coefficient (Wildman–Crippen LogP) is 0.133. The molecule has 0 bridgehead atoms. The van der Waals surface area contributed by atoms with Crippen molar-refractivity contribution in [3.05, 3.63) is 10.4 Å². The number of thioether (sulfide) groups is 1. The number of hydrogen-bond acceptors (Lipinski definition) is 6. The molecule has 7 heteroatoms. The summed E-state index contributed by atoms with van der Waals surface area (Å²) in [5.41, 5.74) is -0.648. The largest absolute Gasteiger partial charge is 0.499 e. The zero-order chi connectivity index (χ0) is 11.6. The minimum atomic E-state index is -0.662. The number of carbonyl (C=O) groups excluding carboxylic acids is 1. The van der Waals surface area contributed by atoms with Crippen molar-refractivity contribution in [3.63, 3.8) is 0 Å². The fourth-order valence-corrected chi connectivity index (χ4v) is 1.47. The fraction of sp³-hybridized carbons (Fsp3) is 0.375. The first-order valence-electron chi connectivity index (χ1n) is 3.99. The molecule has 15 heavy (non-hydrogen) atoms. The molecule has 82 valence electrons. The number of rotatable bonds is 2. The third-order valence-electron chi connectivity index (χ3n) is 1.62. The molecule has 1 heterocycles. The molecule has 0 aliphatic rings. The van der Waals surface area contributed by atoms with Gasteiger partial charge in [0.15, 0.2) is 5.16 Å². The highest BCUT2D eigenvalue weighted by atomic mass is 32.2. The van der Waals surface area contributed by atoms with Gasteiger partial charge < -0.3 is 9.84 Å². The molecule has 0 aromatic carbocycles. The molecular formula is C8H10N2O4S. The van der Waals surface area contributed by atoms with Crippen LogP contribution in [-0.2, 0) is 11.8 Å². The Kier molecular flexibility index (Phi) is 3.35. The second-order valence-electron chi connectivity index (χ2n) is 2.71. The first kappa shape index (κ1) is 11.6. The number of esters is 1. The van der Waals surface area contributed by atoms with Gasteiger partial charge in [-0.3, -0.25) is 14.2 Å². The summed E-state index contributed by atoms with van der Waals surface area (Å²) < 4.78 is 5.77. The summed E-state index contributed by atoms with van der Waals surface area (Å²) in [5.74, 6) is -1.65. The van der Waals surface area contributed by atoms with Crippen molar-refractivity contribution in [2.75, 3.05) is 6.26 Å². The van der Waals surface area contributed by atoms with Crippen molar-refractivity contribution in [3.8, 4) is 11.6 Å². The number of aromatic nitrogens is 2. The van der Waals surface area contributed by atoms with Gasteiger partial charge in [-0.2, -0.15) is 4.98 Å². The smallest absolute Gasteiger partial charge is 0.309 e. The number of carbonyl (C=O) groups is 1. The summed E-state index contributed by atoms with van der Waals surface area (Å²) in [5, 5.41) is 9.72. The molecule has 0 unspecified atom stereocenters. The maximum atomic E-state index is 11.4. The molecular weight excluding hydrogens is 220 g/mol. The van der Waals surface area contributed by atoms with Gasteiger partial charge in [0, 0.05) is 14.0 Å².